The smallest absolute Gasteiger partial charge is 0.0962 e. The molecule has 0 aromatic carbocycles. The molecule has 0 aliphatic carbocycles. The largest absolute Gasteiger partial charge is 0.325 e. The molecule has 1 aromatic heterocycles. The van der Waals surface area contributed by atoms with Gasteiger partial charge in [0.25, 0.3) is 0 Å². The number of rotatable bonds is 3. The minimum atomic E-state index is -1.08. The van der Waals surface area contributed by atoms with Crippen LogP contribution in [0.5, 0.6) is 0 Å². The third-order valence-corrected chi connectivity index (χ3v) is 2.70. The van der Waals surface area contributed by atoms with Crippen molar-refractivity contribution in [1.82, 2.24) is 15.0 Å². The van der Waals surface area contributed by atoms with E-state index in [1.54, 1.807) is 0 Å². The first-order valence-corrected chi connectivity index (χ1v) is 7.81. The number of aromatic nitrogens is 3. The molecule has 0 aliphatic heterocycles. The van der Waals surface area contributed by atoms with Crippen LogP contribution >= 0.6 is 12.4 Å². The third-order valence-electron chi connectivity index (χ3n) is 1.43. The Morgan fingerprint density at radius 3 is 2.46 bits per heavy atom. The van der Waals surface area contributed by atoms with E-state index in [1.807, 2.05) is 10.9 Å². The highest BCUT2D eigenvalue weighted by atomic mass is 35.5. The molecule has 2 N–H and O–H groups in total. The highest BCUT2D eigenvalue weighted by Gasteiger charge is 2.14. The molecule has 0 spiro atoms. The van der Waals surface area contributed by atoms with Crippen LogP contribution in [0.4, 0.5) is 0 Å². The molecule has 0 amide bonds. The van der Waals surface area contributed by atoms with Gasteiger partial charge < -0.3 is 5.73 Å². The summed E-state index contributed by atoms with van der Waals surface area (Å²) in [4.78, 5) is 0. The van der Waals surface area contributed by atoms with Crippen LogP contribution in [-0.4, -0.2) is 23.1 Å². The van der Waals surface area contributed by atoms with Crippen molar-refractivity contribution in [2.24, 2.45) is 5.73 Å². The molecule has 0 bridgehead atoms. The molecular formula is C7H17ClN4Si. The van der Waals surface area contributed by atoms with E-state index in [0.29, 0.717) is 6.54 Å². The van der Waals surface area contributed by atoms with E-state index < -0.39 is 8.07 Å². The minimum absolute atomic E-state index is 0. The van der Waals surface area contributed by atoms with Gasteiger partial charge in [0.15, 0.2) is 0 Å². The Kier molecular flexibility index (Phi) is 4.59. The SMILES string of the molecule is C[Si](C)(C)Cn1cc(CN)nn1.Cl. The van der Waals surface area contributed by atoms with Gasteiger partial charge in [0.05, 0.1) is 13.8 Å². The maximum atomic E-state index is 5.42. The molecule has 0 radical (unpaired) electrons. The Morgan fingerprint density at radius 2 is 2.08 bits per heavy atom. The molecule has 0 atom stereocenters. The summed E-state index contributed by atoms with van der Waals surface area (Å²) in [6.45, 7) is 7.39. The number of hydrogen-bond acceptors (Lipinski definition) is 3. The first kappa shape index (κ1) is 12.6. The van der Waals surface area contributed by atoms with Crippen LogP contribution in [-0.2, 0) is 12.7 Å². The van der Waals surface area contributed by atoms with Crippen LogP contribution in [0.2, 0.25) is 19.6 Å². The van der Waals surface area contributed by atoms with Crippen LogP contribution in [0.1, 0.15) is 5.69 Å². The number of hydrogen-bond donors (Lipinski definition) is 1. The van der Waals surface area contributed by atoms with E-state index in [2.05, 4.69) is 30.0 Å². The van der Waals surface area contributed by atoms with Crippen LogP contribution in [0.25, 0.3) is 0 Å². The summed E-state index contributed by atoms with van der Waals surface area (Å²) in [6.07, 6.45) is 2.94. The number of nitrogens with two attached hydrogens (primary N) is 1. The standard InChI is InChI=1S/C7H16N4Si.ClH/c1-12(2,3)6-11-5-7(4-8)9-10-11;/h5H,4,6,8H2,1-3H3;1H. The monoisotopic (exact) mass is 220 g/mol. The first-order chi connectivity index (χ1) is 5.51. The topological polar surface area (TPSA) is 56.7 Å². The molecule has 13 heavy (non-hydrogen) atoms. The minimum Gasteiger partial charge on any atom is -0.325 e. The fourth-order valence-corrected chi connectivity index (χ4v) is 2.12. The van der Waals surface area contributed by atoms with Gasteiger partial charge in [-0.15, -0.1) is 17.5 Å². The molecule has 0 fully saturated rings. The number of nitrogens with zero attached hydrogens (tertiary/aromatic N) is 3. The molecule has 0 aliphatic rings. The van der Waals surface area contributed by atoms with E-state index in [-0.39, 0.29) is 12.4 Å². The van der Waals surface area contributed by atoms with Crippen molar-refractivity contribution in [3.8, 4) is 0 Å². The summed E-state index contributed by atoms with van der Waals surface area (Å²) in [5.41, 5.74) is 6.29. The summed E-state index contributed by atoms with van der Waals surface area (Å²) >= 11 is 0. The zero-order valence-corrected chi connectivity index (χ0v) is 10.1. The second kappa shape index (κ2) is 4.73. The van der Waals surface area contributed by atoms with Gasteiger partial charge in [0.2, 0.25) is 0 Å². The molecule has 1 rings (SSSR count). The average Bonchev–Trinajstić information content (AvgIpc) is 2.32. The second-order valence-electron chi connectivity index (χ2n) is 4.17. The maximum Gasteiger partial charge on any atom is 0.0962 e. The zero-order valence-electron chi connectivity index (χ0n) is 8.32. The van der Waals surface area contributed by atoms with E-state index in [0.717, 1.165) is 11.9 Å². The Balaban J connectivity index is 0.00000144. The lowest BCUT2D eigenvalue weighted by molar-refractivity contribution is 0.680. The molecule has 6 heteroatoms. The van der Waals surface area contributed by atoms with Gasteiger partial charge in [-0.2, -0.15) is 0 Å². The van der Waals surface area contributed by atoms with Crippen molar-refractivity contribution in [3.05, 3.63) is 11.9 Å². The lowest BCUT2D eigenvalue weighted by Crippen LogP contribution is -2.28. The first-order valence-electron chi connectivity index (χ1n) is 4.10. The van der Waals surface area contributed by atoms with Crippen LogP contribution in [0, 0.1) is 0 Å². The highest BCUT2D eigenvalue weighted by molar-refractivity contribution is 6.74. The van der Waals surface area contributed by atoms with Gasteiger partial charge in [0, 0.05) is 18.9 Å². The van der Waals surface area contributed by atoms with Crippen LogP contribution in [0.15, 0.2) is 6.20 Å². The summed E-state index contributed by atoms with van der Waals surface area (Å²) in [5.74, 6) is 0. The van der Waals surface area contributed by atoms with Gasteiger partial charge in [-0.25, -0.2) is 0 Å². The normalized spacial score (nSPS) is 11.1. The van der Waals surface area contributed by atoms with Crippen molar-refractivity contribution in [2.45, 2.75) is 32.4 Å². The van der Waals surface area contributed by atoms with Gasteiger partial charge in [-0.05, 0) is 0 Å². The summed E-state index contributed by atoms with van der Waals surface area (Å²) in [5, 5.41) is 7.92. The number of halogens is 1. The molecule has 4 nitrogen and oxygen atoms in total. The van der Waals surface area contributed by atoms with Crippen molar-refractivity contribution in [3.63, 3.8) is 0 Å². The highest BCUT2D eigenvalue weighted by Crippen LogP contribution is 2.03. The van der Waals surface area contributed by atoms with Gasteiger partial charge in [-0.1, -0.05) is 24.9 Å². The van der Waals surface area contributed by atoms with Crippen molar-refractivity contribution >= 4 is 20.5 Å². The van der Waals surface area contributed by atoms with Crippen molar-refractivity contribution in [1.29, 1.82) is 0 Å². The van der Waals surface area contributed by atoms with E-state index >= 15 is 0 Å². The molecule has 0 saturated carbocycles. The Labute approximate surface area is 85.9 Å². The van der Waals surface area contributed by atoms with Crippen molar-refractivity contribution in [2.75, 3.05) is 0 Å². The molecule has 1 heterocycles. The fraction of sp³-hybridized carbons (Fsp3) is 0.714. The Morgan fingerprint density at radius 1 is 1.46 bits per heavy atom. The summed E-state index contributed by atoms with van der Waals surface area (Å²) in [6, 6.07) is 0. The second-order valence-corrected chi connectivity index (χ2v) is 9.61. The molecule has 76 valence electrons. The van der Waals surface area contributed by atoms with E-state index in [9.17, 15) is 0 Å². The zero-order chi connectivity index (χ0) is 9.19. The van der Waals surface area contributed by atoms with Crippen LogP contribution < -0.4 is 5.73 Å². The average molecular weight is 221 g/mol. The predicted octanol–water partition coefficient (Wildman–Crippen LogP) is 1.04. The van der Waals surface area contributed by atoms with Gasteiger partial charge >= 0.3 is 0 Å². The van der Waals surface area contributed by atoms with Crippen molar-refractivity contribution < 1.29 is 0 Å². The maximum absolute atomic E-state index is 5.42. The van der Waals surface area contributed by atoms with Gasteiger partial charge in [0.1, 0.15) is 0 Å². The summed E-state index contributed by atoms with van der Waals surface area (Å²) < 4.78 is 1.90. The molecular weight excluding hydrogens is 204 g/mol. The third kappa shape index (κ3) is 4.40. The van der Waals surface area contributed by atoms with E-state index in [4.69, 9.17) is 5.73 Å². The molecule has 0 saturated heterocycles. The van der Waals surface area contributed by atoms with Crippen LogP contribution in [0.3, 0.4) is 0 Å². The Hall–Kier alpha value is -0.393. The van der Waals surface area contributed by atoms with E-state index in [1.165, 1.54) is 0 Å². The Bertz CT molecular complexity index is 255. The lowest BCUT2D eigenvalue weighted by atomic mass is 10.5. The summed E-state index contributed by atoms with van der Waals surface area (Å²) in [7, 11) is -1.08. The van der Waals surface area contributed by atoms with Gasteiger partial charge in [-0.3, -0.25) is 4.68 Å². The molecule has 0 unspecified atom stereocenters. The fourth-order valence-electron chi connectivity index (χ4n) is 0.995. The predicted molar refractivity (Wildman–Crippen MR) is 58.5 cm³/mol. The quantitative estimate of drug-likeness (QED) is 0.775. The lowest BCUT2D eigenvalue weighted by Gasteiger charge is -2.14. The molecule has 1 aromatic rings.